The van der Waals surface area contributed by atoms with Crippen LogP contribution >= 0.6 is 23.2 Å². The van der Waals surface area contributed by atoms with Crippen LogP contribution in [0.5, 0.6) is 0 Å². The molecule has 2 nitrogen and oxygen atoms in total. The molecule has 0 spiro atoms. The number of nitrogens with two attached hydrogens (primary N) is 1. The van der Waals surface area contributed by atoms with Gasteiger partial charge in [0.2, 0.25) is 0 Å². The topological polar surface area (TPSA) is 39.2 Å². The van der Waals surface area contributed by atoms with Crippen molar-refractivity contribution >= 4 is 34.2 Å². The number of halogens is 2. The van der Waals surface area contributed by atoms with Crippen LogP contribution < -0.4 is 5.73 Å². The van der Waals surface area contributed by atoms with Crippen LogP contribution in [0.25, 0.3) is 11.0 Å². The van der Waals surface area contributed by atoms with Crippen molar-refractivity contribution in [1.29, 1.82) is 0 Å². The molecule has 1 atom stereocenters. The molecule has 1 unspecified atom stereocenters. The van der Waals surface area contributed by atoms with Crippen LogP contribution in [0.4, 0.5) is 0 Å². The predicted molar refractivity (Wildman–Crippen MR) is 88.2 cm³/mol. The quantitative estimate of drug-likeness (QED) is 0.686. The van der Waals surface area contributed by atoms with Gasteiger partial charge in [-0.05, 0) is 43.7 Å². The molecule has 0 radical (unpaired) electrons. The highest BCUT2D eigenvalue weighted by Crippen LogP contribution is 2.35. The summed E-state index contributed by atoms with van der Waals surface area (Å²) in [4.78, 5) is 0. The zero-order chi connectivity index (χ0) is 15.1. The van der Waals surface area contributed by atoms with Gasteiger partial charge >= 0.3 is 0 Å². The monoisotopic (exact) mass is 319 g/mol. The van der Waals surface area contributed by atoms with Crippen LogP contribution in [0.3, 0.4) is 0 Å². The number of benzene rings is 2. The summed E-state index contributed by atoms with van der Waals surface area (Å²) < 4.78 is 5.94. The van der Waals surface area contributed by atoms with Gasteiger partial charge in [-0.3, -0.25) is 0 Å². The Labute approximate surface area is 133 Å². The molecule has 2 aromatic carbocycles. The fourth-order valence-corrected chi connectivity index (χ4v) is 3.07. The van der Waals surface area contributed by atoms with E-state index in [9.17, 15) is 0 Å². The summed E-state index contributed by atoms with van der Waals surface area (Å²) in [7, 11) is 0. The van der Waals surface area contributed by atoms with Crippen LogP contribution in [0, 0.1) is 13.8 Å². The first-order valence-electron chi connectivity index (χ1n) is 6.67. The summed E-state index contributed by atoms with van der Waals surface area (Å²) in [6.45, 7) is 4.08. The molecule has 1 heterocycles. The maximum absolute atomic E-state index is 6.35. The first-order chi connectivity index (χ1) is 9.97. The van der Waals surface area contributed by atoms with Crippen molar-refractivity contribution in [3.05, 3.63) is 68.9 Å². The summed E-state index contributed by atoms with van der Waals surface area (Å²) in [5, 5.41) is 2.23. The standard InChI is InChI=1S/C17H15Cl2NO/c1-9-3-6-15-13(7-9)10(2)17(21-15)16(20)12-5-4-11(18)8-14(12)19/h3-8,16H,20H2,1-2H3. The average Bonchev–Trinajstić information content (AvgIpc) is 2.75. The molecule has 21 heavy (non-hydrogen) atoms. The fourth-order valence-electron chi connectivity index (χ4n) is 2.55. The molecule has 2 N–H and O–H groups in total. The third-order valence-electron chi connectivity index (χ3n) is 3.71. The van der Waals surface area contributed by atoms with Gasteiger partial charge in [-0.15, -0.1) is 0 Å². The molecule has 0 amide bonds. The molecule has 3 rings (SSSR count). The Kier molecular flexibility index (Phi) is 3.70. The molecular weight excluding hydrogens is 305 g/mol. The molecule has 0 saturated heterocycles. The van der Waals surface area contributed by atoms with Gasteiger partial charge in [0.05, 0.1) is 6.04 Å². The zero-order valence-corrected chi connectivity index (χ0v) is 13.3. The van der Waals surface area contributed by atoms with E-state index in [1.165, 1.54) is 5.56 Å². The van der Waals surface area contributed by atoms with Crippen molar-refractivity contribution < 1.29 is 4.42 Å². The second-order valence-electron chi connectivity index (χ2n) is 5.23. The van der Waals surface area contributed by atoms with E-state index < -0.39 is 6.04 Å². The van der Waals surface area contributed by atoms with Crippen molar-refractivity contribution in [2.24, 2.45) is 5.73 Å². The van der Waals surface area contributed by atoms with Gasteiger partial charge in [-0.1, -0.05) is 40.9 Å². The molecule has 108 valence electrons. The lowest BCUT2D eigenvalue weighted by atomic mass is 10.0. The van der Waals surface area contributed by atoms with Crippen molar-refractivity contribution in [2.75, 3.05) is 0 Å². The van der Waals surface area contributed by atoms with E-state index in [1.807, 2.05) is 25.1 Å². The lowest BCUT2D eigenvalue weighted by molar-refractivity contribution is 0.521. The largest absolute Gasteiger partial charge is 0.459 e. The minimum Gasteiger partial charge on any atom is -0.459 e. The van der Waals surface area contributed by atoms with E-state index in [-0.39, 0.29) is 0 Å². The van der Waals surface area contributed by atoms with E-state index in [0.29, 0.717) is 10.0 Å². The highest BCUT2D eigenvalue weighted by Gasteiger charge is 2.20. The number of furan rings is 1. The van der Waals surface area contributed by atoms with E-state index >= 15 is 0 Å². The highest BCUT2D eigenvalue weighted by molar-refractivity contribution is 6.35. The van der Waals surface area contributed by atoms with Gasteiger partial charge < -0.3 is 10.2 Å². The van der Waals surface area contributed by atoms with Crippen LogP contribution in [-0.4, -0.2) is 0 Å². The van der Waals surface area contributed by atoms with Crippen molar-refractivity contribution in [3.63, 3.8) is 0 Å². The summed E-state index contributed by atoms with van der Waals surface area (Å²) in [6, 6.07) is 11.0. The fraction of sp³-hybridized carbons (Fsp3) is 0.176. The number of fused-ring (bicyclic) bond motifs is 1. The summed E-state index contributed by atoms with van der Waals surface area (Å²) >= 11 is 12.2. The second-order valence-corrected chi connectivity index (χ2v) is 6.08. The number of aryl methyl sites for hydroxylation is 2. The molecule has 3 aromatic rings. The van der Waals surface area contributed by atoms with Gasteiger partial charge in [0, 0.05) is 21.0 Å². The molecule has 4 heteroatoms. The minimum absolute atomic E-state index is 0.414. The van der Waals surface area contributed by atoms with Gasteiger partial charge in [-0.25, -0.2) is 0 Å². The van der Waals surface area contributed by atoms with Gasteiger partial charge in [0.1, 0.15) is 11.3 Å². The molecule has 1 aromatic heterocycles. The number of rotatable bonds is 2. The third-order valence-corrected chi connectivity index (χ3v) is 4.27. The van der Waals surface area contributed by atoms with Crippen LogP contribution in [0.1, 0.15) is 28.5 Å². The zero-order valence-electron chi connectivity index (χ0n) is 11.8. The first-order valence-corrected chi connectivity index (χ1v) is 7.43. The summed E-state index contributed by atoms with van der Waals surface area (Å²) in [5.41, 5.74) is 10.2. The number of hydrogen-bond acceptors (Lipinski definition) is 2. The highest BCUT2D eigenvalue weighted by atomic mass is 35.5. The normalized spacial score (nSPS) is 12.8. The Morgan fingerprint density at radius 2 is 1.81 bits per heavy atom. The maximum atomic E-state index is 6.35. The lowest BCUT2D eigenvalue weighted by Crippen LogP contribution is -2.12. The Hall–Kier alpha value is -1.48. The van der Waals surface area contributed by atoms with Crippen LogP contribution in [0.2, 0.25) is 10.0 Å². The predicted octanol–water partition coefficient (Wildman–Crippen LogP) is 5.40. The molecule has 0 fully saturated rings. The Morgan fingerprint density at radius 1 is 1.05 bits per heavy atom. The van der Waals surface area contributed by atoms with Gasteiger partial charge in [0.25, 0.3) is 0 Å². The van der Waals surface area contributed by atoms with Crippen LogP contribution in [-0.2, 0) is 0 Å². The van der Waals surface area contributed by atoms with Crippen molar-refractivity contribution in [1.82, 2.24) is 0 Å². The third kappa shape index (κ3) is 2.55. The lowest BCUT2D eigenvalue weighted by Gasteiger charge is -2.12. The van der Waals surface area contributed by atoms with E-state index in [4.69, 9.17) is 33.4 Å². The first kappa shape index (κ1) is 14.5. The Morgan fingerprint density at radius 3 is 2.52 bits per heavy atom. The van der Waals surface area contributed by atoms with E-state index in [0.717, 1.165) is 27.9 Å². The SMILES string of the molecule is Cc1ccc2oc(C(N)c3ccc(Cl)cc3Cl)c(C)c2c1. The van der Waals surface area contributed by atoms with Crippen molar-refractivity contribution in [2.45, 2.75) is 19.9 Å². The molecule has 0 aliphatic rings. The summed E-state index contributed by atoms with van der Waals surface area (Å²) in [6.07, 6.45) is 0. The minimum atomic E-state index is -0.414. The molecule has 0 aliphatic heterocycles. The Bertz CT molecular complexity index is 823. The van der Waals surface area contributed by atoms with Gasteiger partial charge in [0.15, 0.2) is 0 Å². The van der Waals surface area contributed by atoms with E-state index in [2.05, 4.69) is 13.0 Å². The maximum Gasteiger partial charge on any atom is 0.134 e. The molecule has 0 aliphatic carbocycles. The van der Waals surface area contributed by atoms with E-state index in [1.54, 1.807) is 12.1 Å². The molecule has 0 bridgehead atoms. The molecule has 0 saturated carbocycles. The Balaban J connectivity index is 2.13. The van der Waals surface area contributed by atoms with Crippen molar-refractivity contribution in [3.8, 4) is 0 Å². The average molecular weight is 320 g/mol. The summed E-state index contributed by atoms with van der Waals surface area (Å²) in [5.74, 6) is 0.736. The van der Waals surface area contributed by atoms with Crippen LogP contribution in [0.15, 0.2) is 40.8 Å². The smallest absolute Gasteiger partial charge is 0.134 e. The van der Waals surface area contributed by atoms with Gasteiger partial charge in [-0.2, -0.15) is 0 Å². The number of hydrogen-bond donors (Lipinski definition) is 1. The second kappa shape index (κ2) is 5.38. The molecular formula is C17H15Cl2NO.